The number of carbonyl (C=O) groups excluding carboxylic acids is 1. The lowest BCUT2D eigenvalue weighted by atomic mass is 10.1. The molecule has 0 saturated heterocycles. The highest BCUT2D eigenvalue weighted by atomic mass is 16.5. The molecule has 0 aliphatic rings. The van der Waals surface area contributed by atoms with Gasteiger partial charge in [0.25, 0.3) is 5.91 Å². The number of amides is 1. The van der Waals surface area contributed by atoms with Crippen LogP contribution in [0.25, 0.3) is 11.0 Å². The van der Waals surface area contributed by atoms with Crippen LogP contribution in [0.15, 0.2) is 57.9 Å². The second-order valence-corrected chi connectivity index (χ2v) is 5.71. The van der Waals surface area contributed by atoms with Crippen molar-refractivity contribution in [2.75, 3.05) is 0 Å². The molecule has 0 unspecified atom stereocenters. The van der Waals surface area contributed by atoms with Gasteiger partial charge in [0, 0.05) is 23.7 Å². The highest BCUT2D eigenvalue weighted by molar-refractivity contribution is 5.82. The van der Waals surface area contributed by atoms with Gasteiger partial charge in [0.05, 0.1) is 12.2 Å². The summed E-state index contributed by atoms with van der Waals surface area (Å²) in [7, 11) is 0. The zero-order valence-electron chi connectivity index (χ0n) is 14.0. The summed E-state index contributed by atoms with van der Waals surface area (Å²) in [6.45, 7) is 3.83. The summed E-state index contributed by atoms with van der Waals surface area (Å²) in [5, 5.41) is 3.61. The van der Waals surface area contributed by atoms with Crippen LogP contribution in [0.2, 0.25) is 0 Å². The Morgan fingerprint density at radius 2 is 2.12 bits per heavy atom. The van der Waals surface area contributed by atoms with E-state index in [2.05, 4.69) is 10.3 Å². The summed E-state index contributed by atoms with van der Waals surface area (Å²) >= 11 is 0. The number of aromatic nitrogens is 1. The molecule has 0 fully saturated rings. The zero-order valence-corrected chi connectivity index (χ0v) is 14.0. The first-order valence-electron chi connectivity index (χ1n) is 7.92. The average Bonchev–Trinajstić information content (AvgIpc) is 2.60. The van der Waals surface area contributed by atoms with Gasteiger partial charge in [0.2, 0.25) is 0 Å². The van der Waals surface area contributed by atoms with Crippen LogP contribution in [-0.4, -0.2) is 17.0 Å². The van der Waals surface area contributed by atoms with Crippen molar-refractivity contribution in [3.05, 3.63) is 70.3 Å². The number of nitrogens with one attached hydrogen (secondary N) is 1. The molecule has 6 nitrogen and oxygen atoms in total. The number of nitrogens with zero attached hydrogens (tertiary/aromatic N) is 1. The van der Waals surface area contributed by atoms with E-state index in [1.165, 1.54) is 6.07 Å². The van der Waals surface area contributed by atoms with Crippen molar-refractivity contribution in [1.29, 1.82) is 0 Å². The Morgan fingerprint density at radius 1 is 1.28 bits per heavy atom. The predicted molar refractivity (Wildman–Crippen MR) is 93.4 cm³/mol. The minimum Gasteiger partial charge on any atom is -0.481 e. The van der Waals surface area contributed by atoms with E-state index in [0.29, 0.717) is 17.9 Å². The van der Waals surface area contributed by atoms with Gasteiger partial charge in [-0.05, 0) is 43.7 Å². The molecule has 1 atom stereocenters. The molecule has 0 aliphatic carbocycles. The molecular formula is C19H18N2O4. The van der Waals surface area contributed by atoms with Gasteiger partial charge in [0.15, 0.2) is 6.10 Å². The predicted octanol–water partition coefficient (Wildman–Crippen LogP) is 2.58. The van der Waals surface area contributed by atoms with Gasteiger partial charge in [-0.15, -0.1) is 0 Å². The van der Waals surface area contributed by atoms with Crippen LogP contribution in [0.5, 0.6) is 5.75 Å². The Hall–Kier alpha value is -3.15. The van der Waals surface area contributed by atoms with Crippen LogP contribution in [0.4, 0.5) is 0 Å². The van der Waals surface area contributed by atoms with Crippen molar-refractivity contribution in [3.63, 3.8) is 0 Å². The molecule has 0 radical (unpaired) electrons. The minimum absolute atomic E-state index is 0.253. The highest BCUT2D eigenvalue weighted by Crippen LogP contribution is 2.22. The number of hydrogen-bond donors (Lipinski definition) is 1. The van der Waals surface area contributed by atoms with E-state index in [-0.39, 0.29) is 5.91 Å². The smallest absolute Gasteiger partial charge is 0.336 e. The van der Waals surface area contributed by atoms with E-state index in [9.17, 15) is 9.59 Å². The molecule has 3 rings (SSSR count). The number of rotatable bonds is 5. The van der Waals surface area contributed by atoms with Gasteiger partial charge in [0.1, 0.15) is 11.3 Å². The molecule has 1 amide bonds. The number of ether oxygens (including phenoxy) is 1. The van der Waals surface area contributed by atoms with Crippen molar-refractivity contribution in [3.8, 4) is 5.75 Å². The largest absolute Gasteiger partial charge is 0.481 e. The molecule has 128 valence electrons. The summed E-state index contributed by atoms with van der Waals surface area (Å²) in [5.41, 5.74) is 1.62. The number of pyridine rings is 1. The lowest BCUT2D eigenvalue weighted by Gasteiger charge is -2.15. The monoisotopic (exact) mass is 338 g/mol. The maximum absolute atomic E-state index is 12.2. The number of benzene rings is 1. The van der Waals surface area contributed by atoms with Crippen LogP contribution in [0.1, 0.15) is 18.2 Å². The average molecular weight is 338 g/mol. The van der Waals surface area contributed by atoms with Crippen molar-refractivity contribution < 1.29 is 13.9 Å². The quantitative estimate of drug-likeness (QED) is 0.723. The normalized spacial score (nSPS) is 11.9. The summed E-state index contributed by atoms with van der Waals surface area (Å²) in [6, 6.07) is 12.1. The number of aryl methyl sites for hydroxylation is 1. The molecule has 0 bridgehead atoms. The molecule has 6 heteroatoms. The SMILES string of the molecule is Cc1cc(=O)oc2cc(O[C@@H](C)C(=O)NCc3ccccn3)ccc12. The second kappa shape index (κ2) is 7.17. The van der Waals surface area contributed by atoms with Crippen LogP contribution in [-0.2, 0) is 11.3 Å². The third-order valence-corrected chi connectivity index (χ3v) is 3.77. The van der Waals surface area contributed by atoms with Gasteiger partial charge < -0.3 is 14.5 Å². The highest BCUT2D eigenvalue weighted by Gasteiger charge is 2.15. The third-order valence-electron chi connectivity index (χ3n) is 3.77. The molecule has 0 saturated carbocycles. The first kappa shape index (κ1) is 16.7. The fourth-order valence-electron chi connectivity index (χ4n) is 2.46. The maximum atomic E-state index is 12.2. The molecule has 3 aromatic rings. The van der Waals surface area contributed by atoms with Crippen LogP contribution >= 0.6 is 0 Å². The van der Waals surface area contributed by atoms with Gasteiger partial charge in [-0.2, -0.15) is 0 Å². The number of hydrogen-bond acceptors (Lipinski definition) is 5. The standard InChI is InChI=1S/C19H18N2O4/c1-12-9-18(22)25-17-10-15(6-7-16(12)17)24-13(2)19(23)21-11-14-5-3-4-8-20-14/h3-10,13H,11H2,1-2H3,(H,21,23)/t13-/m0/s1. The van der Waals surface area contributed by atoms with E-state index >= 15 is 0 Å². The Labute approximate surface area is 144 Å². The number of carbonyl (C=O) groups is 1. The van der Waals surface area contributed by atoms with Crippen molar-refractivity contribution >= 4 is 16.9 Å². The third kappa shape index (κ3) is 4.03. The topological polar surface area (TPSA) is 81.4 Å². The molecule has 2 heterocycles. The summed E-state index contributed by atoms with van der Waals surface area (Å²) < 4.78 is 10.8. The Balaban J connectivity index is 1.67. The van der Waals surface area contributed by atoms with Crippen LogP contribution in [0, 0.1) is 6.92 Å². The first-order chi connectivity index (χ1) is 12.0. The minimum atomic E-state index is -0.697. The van der Waals surface area contributed by atoms with Crippen molar-refractivity contribution in [2.45, 2.75) is 26.5 Å². The van der Waals surface area contributed by atoms with E-state index < -0.39 is 11.7 Å². The number of fused-ring (bicyclic) bond motifs is 1. The lowest BCUT2D eigenvalue weighted by Crippen LogP contribution is -2.36. The van der Waals surface area contributed by atoms with Gasteiger partial charge in [-0.1, -0.05) is 6.07 Å². The van der Waals surface area contributed by atoms with Gasteiger partial charge in [-0.3, -0.25) is 9.78 Å². The van der Waals surface area contributed by atoms with E-state index in [1.54, 1.807) is 31.3 Å². The van der Waals surface area contributed by atoms with Crippen LogP contribution < -0.4 is 15.7 Å². The van der Waals surface area contributed by atoms with E-state index in [1.807, 2.05) is 25.1 Å². The van der Waals surface area contributed by atoms with Crippen molar-refractivity contribution in [2.24, 2.45) is 0 Å². The van der Waals surface area contributed by atoms with Crippen LogP contribution in [0.3, 0.4) is 0 Å². The van der Waals surface area contributed by atoms with Crippen molar-refractivity contribution in [1.82, 2.24) is 10.3 Å². The summed E-state index contributed by atoms with van der Waals surface area (Å²) in [5.74, 6) is 0.207. The first-order valence-corrected chi connectivity index (χ1v) is 7.92. The molecule has 2 aromatic heterocycles. The van der Waals surface area contributed by atoms with Gasteiger partial charge in [-0.25, -0.2) is 4.79 Å². The molecule has 0 aliphatic heterocycles. The molecular weight excluding hydrogens is 320 g/mol. The fraction of sp³-hybridized carbons (Fsp3) is 0.211. The molecule has 25 heavy (non-hydrogen) atoms. The molecule has 1 N–H and O–H groups in total. The lowest BCUT2D eigenvalue weighted by molar-refractivity contribution is -0.127. The Bertz CT molecular complexity index is 951. The molecule has 1 aromatic carbocycles. The Morgan fingerprint density at radius 3 is 2.88 bits per heavy atom. The fourth-order valence-corrected chi connectivity index (χ4v) is 2.46. The summed E-state index contributed by atoms with van der Waals surface area (Å²) in [6.07, 6.45) is 0.976. The summed E-state index contributed by atoms with van der Waals surface area (Å²) in [4.78, 5) is 27.8. The zero-order chi connectivity index (χ0) is 17.8. The van der Waals surface area contributed by atoms with E-state index in [4.69, 9.17) is 9.15 Å². The van der Waals surface area contributed by atoms with E-state index in [0.717, 1.165) is 16.6 Å². The second-order valence-electron chi connectivity index (χ2n) is 5.71. The Kier molecular flexibility index (Phi) is 4.79. The van der Waals surface area contributed by atoms with Gasteiger partial charge >= 0.3 is 5.63 Å². The molecule has 0 spiro atoms. The maximum Gasteiger partial charge on any atom is 0.336 e.